The van der Waals surface area contributed by atoms with Crippen LogP contribution >= 0.6 is 23.4 Å². The van der Waals surface area contributed by atoms with Crippen LogP contribution in [0.3, 0.4) is 0 Å². The molecule has 110 valence electrons. The summed E-state index contributed by atoms with van der Waals surface area (Å²) in [4.78, 5) is 10.9. The Kier molecular flexibility index (Phi) is 5.41. The lowest BCUT2D eigenvalue weighted by Crippen LogP contribution is -2.15. The predicted molar refractivity (Wildman–Crippen MR) is 86.7 cm³/mol. The normalized spacial score (nSPS) is 11.9. The second kappa shape index (κ2) is 7.28. The van der Waals surface area contributed by atoms with Crippen molar-refractivity contribution in [2.75, 3.05) is 18.1 Å². The zero-order valence-corrected chi connectivity index (χ0v) is 13.0. The number of carbonyl (C=O) groups is 1. The van der Waals surface area contributed by atoms with Crippen LogP contribution in [-0.2, 0) is 0 Å². The Bertz CT molecular complexity index is 621. The summed E-state index contributed by atoms with van der Waals surface area (Å²) in [5.74, 6) is 0.0102. The van der Waals surface area contributed by atoms with E-state index in [4.69, 9.17) is 17.3 Å². The molecular formula is C14H15ClN4OS. The van der Waals surface area contributed by atoms with Gasteiger partial charge in [-0.1, -0.05) is 23.7 Å². The maximum atomic E-state index is 10.9. The van der Waals surface area contributed by atoms with Gasteiger partial charge in [0.2, 0.25) is 0 Å². The van der Waals surface area contributed by atoms with E-state index < -0.39 is 5.91 Å². The van der Waals surface area contributed by atoms with Crippen molar-refractivity contribution in [1.29, 1.82) is 0 Å². The minimum atomic E-state index is -0.588. The van der Waals surface area contributed by atoms with E-state index in [2.05, 4.69) is 15.5 Å². The fourth-order valence-electron chi connectivity index (χ4n) is 1.80. The van der Waals surface area contributed by atoms with E-state index in [0.29, 0.717) is 12.4 Å². The van der Waals surface area contributed by atoms with Crippen molar-refractivity contribution in [3.63, 3.8) is 0 Å². The first-order valence-electron chi connectivity index (χ1n) is 6.26. The van der Waals surface area contributed by atoms with Crippen molar-refractivity contribution in [2.45, 2.75) is 5.25 Å². The Morgan fingerprint density at radius 1 is 1.38 bits per heavy atom. The molecule has 1 amide bonds. The molecule has 0 spiro atoms. The summed E-state index contributed by atoms with van der Waals surface area (Å²) >= 11 is 7.73. The number of rotatable bonds is 6. The smallest absolute Gasteiger partial charge is 0.269 e. The Morgan fingerprint density at radius 2 is 2.19 bits per heavy atom. The zero-order valence-electron chi connectivity index (χ0n) is 11.4. The van der Waals surface area contributed by atoms with Gasteiger partial charge in [-0.3, -0.25) is 4.79 Å². The van der Waals surface area contributed by atoms with Crippen LogP contribution in [0.1, 0.15) is 21.3 Å². The first-order valence-corrected chi connectivity index (χ1v) is 7.92. The van der Waals surface area contributed by atoms with Crippen LogP contribution in [0.15, 0.2) is 36.4 Å². The number of amides is 1. The minimum absolute atomic E-state index is 0.150. The molecule has 21 heavy (non-hydrogen) atoms. The first-order chi connectivity index (χ1) is 10.1. The van der Waals surface area contributed by atoms with Crippen molar-refractivity contribution in [2.24, 2.45) is 5.73 Å². The average molecular weight is 323 g/mol. The van der Waals surface area contributed by atoms with E-state index in [1.54, 1.807) is 23.9 Å². The summed E-state index contributed by atoms with van der Waals surface area (Å²) in [7, 11) is 0. The van der Waals surface area contributed by atoms with Crippen molar-refractivity contribution in [1.82, 2.24) is 10.2 Å². The number of hydrogen-bond donors (Lipinski definition) is 2. The minimum Gasteiger partial charge on any atom is -0.367 e. The lowest BCUT2D eigenvalue weighted by atomic mass is 10.1. The number of aromatic nitrogens is 2. The molecule has 1 heterocycles. The number of nitrogens with zero attached hydrogens (tertiary/aromatic N) is 2. The molecule has 0 unspecified atom stereocenters. The Labute approximate surface area is 132 Å². The molecule has 0 saturated carbocycles. The maximum absolute atomic E-state index is 10.9. The topological polar surface area (TPSA) is 80.9 Å². The van der Waals surface area contributed by atoms with E-state index in [1.165, 1.54) is 0 Å². The highest BCUT2D eigenvalue weighted by Gasteiger charge is 2.11. The molecule has 0 bridgehead atoms. The molecule has 7 heteroatoms. The molecule has 1 aromatic carbocycles. The van der Waals surface area contributed by atoms with Gasteiger partial charge in [0.15, 0.2) is 5.69 Å². The molecule has 0 aliphatic carbocycles. The number of halogens is 1. The van der Waals surface area contributed by atoms with Gasteiger partial charge in [0, 0.05) is 16.8 Å². The van der Waals surface area contributed by atoms with Crippen molar-refractivity contribution in [3.8, 4) is 0 Å². The molecule has 0 saturated heterocycles. The maximum Gasteiger partial charge on any atom is 0.269 e. The molecule has 0 aliphatic heterocycles. The van der Waals surface area contributed by atoms with Crippen molar-refractivity contribution < 1.29 is 4.79 Å². The molecule has 5 nitrogen and oxygen atoms in total. The molecular weight excluding hydrogens is 308 g/mol. The summed E-state index contributed by atoms with van der Waals surface area (Å²) in [6, 6.07) is 11.0. The first kappa shape index (κ1) is 15.6. The summed E-state index contributed by atoms with van der Waals surface area (Å²) in [6.07, 6.45) is 2.04. The monoisotopic (exact) mass is 322 g/mol. The molecule has 2 aromatic rings. The summed E-state index contributed by atoms with van der Waals surface area (Å²) in [5, 5.41) is 11.8. The number of primary amides is 1. The second-order valence-corrected chi connectivity index (χ2v) is 5.81. The van der Waals surface area contributed by atoms with Crippen LogP contribution in [-0.4, -0.2) is 28.9 Å². The van der Waals surface area contributed by atoms with E-state index >= 15 is 0 Å². The van der Waals surface area contributed by atoms with Gasteiger partial charge >= 0.3 is 0 Å². The van der Waals surface area contributed by atoms with Gasteiger partial charge in [0.25, 0.3) is 5.91 Å². The van der Waals surface area contributed by atoms with E-state index in [0.717, 1.165) is 10.6 Å². The van der Waals surface area contributed by atoms with E-state index in [-0.39, 0.29) is 10.9 Å². The van der Waals surface area contributed by atoms with Gasteiger partial charge in [-0.25, -0.2) is 0 Å². The van der Waals surface area contributed by atoms with Crippen LogP contribution in [0.4, 0.5) is 5.82 Å². The van der Waals surface area contributed by atoms with Gasteiger partial charge in [0.1, 0.15) is 5.82 Å². The van der Waals surface area contributed by atoms with Crippen molar-refractivity contribution in [3.05, 3.63) is 52.7 Å². The highest BCUT2D eigenvalue weighted by Crippen LogP contribution is 2.28. The highest BCUT2D eigenvalue weighted by atomic mass is 35.5. The molecule has 0 fully saturated rings. The number of benzene rings is 1. The quantitative estimate of drug-likeness (QED) is 0.854. The lowest BCUT2D eigenvalue weighted by molar-refractivity contribution is 0.0994. The van der Waals surface area contributed by atoms with Crippen LogP contribution in [0.5, 0.6) is 0 Å². The molecule has 0 radical (unpaired) electrons. The number of thioether (sulfide) groups is 1. The Morgan fingerprint density at radius 3 is 2.76 bits per heavy atom. The fourth-order valence-corrected chi connectivity index (χ4v) is 2.67. The molecule has 0 aliphatic rings. The standard InChI is InChI=1S/C14H15ClN4OS/c1-21-12(9-3-2-4-10(15)7-9)8-17-13-6-5-11(14(16)20)18-19-13/h2-7,12H,8H2,1H3,(H2,16,20)(H,17,19)/t12-/m0/s1. The lowest BCUT2D eigenvalue weighted by Gasteiger charge is -2.16. The Balaban J connectivity index is 2.01. The van der Waals surface area contributed by atoms with Crippen LogP contribution in [0.2, 0.25) is 5.02 Å². The van der Waals surface area contributed by atoms with Gasteiger partial charge < -0.3 is 11.1 Å². The number of anilines is 1. The van der Waals surface area contributed by atoms with E-state index in [9.17, 15) is 4.79 Å². The second-order valence-electron chi connectivity index (χ2n) is 4.33. The molecule has 1 aromatic heterocycles. The SMILES string of the molecule is CS[C@@H](CNc1ccc(C(N)=O)nn1)c1cccc(Cl)c1. The zero-order chi connectivity index (χ0) is 15.2. The Hall–Kier alpha value is -1.79. The van der Waals surface area contributed by atoms with Crippen LogP contribution in [0.25, 0.3) is 0 Å². The molecule has 3 N–H and O–H groups in total. The number of nitrogens with one attached hydrogen (secondary N) is 1. The van der Waals surface area contributed by atoms with Crippen molar-refractivity contribution >= 4 is 35.1 Å². The number of carbonyl (C=O) groups excluding carboxylic acids is 1. The average Bonchev–Trinajstić information content (AvgIpc) is 2.48. The summed E-state index contributed by atoms with van der Waals surface area (Å²) in [5.41, 5.74) is 6.41. The van der Waals surface area contributed by atoms with Gasteiger partial charge in [0.05, 0.1) is 0 Å². The number of nitrogens with two attached hydrogens (primary N) is 1. The third-order valence-corrected chi connectivity index (χ3v) is 4.13. The third kappa shape index (κ3) is 4.34. The van der Waals surface area contributed by atoms with Crippen LogP contribution < -0.4 is 11.1 Å². The molecule has 2 rings (SSSR count). The van der Waals surface area contributed by atoms with Gasteiger partial charge in [-0.05, 0) is 36.1 Å². The fraction of sp³-hybridized carbons (Fsp3) is 0.214. The predicted octanol–water partition coefficient (Wildman–Crippen LogP) is 2.75. The molecule has 1 atom stereocenters. The summed E-state index contributed by atoms with van der Waals surface area (Å²) < 4.78 is 0. The highest BCUT2D eigenvalue weighted by molar-refractivity contribution is 7.98. The third-order valence-electron chi connectivity index (χ3n) is 2.89. The largest absolute Gasteiger partial charge is 0.367 e. The van der Waals surface area contributed by atoms with Gasteiger partial charge in [-0.2, -0.15) is 11.8 Å². The number of hydrogen-bond acceptors (Lipinski definition) is 5. The summed E-state index contributed by atoms with van der Waals surface area (Å²) in [6.45, 7) is 0.673. The van der Waals surface area contributed by atoms with Gasteiger partial charge in [-0.15, -0.1) is 10.2 Å². The van der Waals surface area contributed by atoms with E-state index in [1.807, 2.05) is 30.5 Å². The van der Waals surface area contributed by atoms with Crippen LogP contribution in [0, 0.1) is 0 Å².